The van der Waals surface area contributed by atoms with Crippen LogP contribution in [0.4, 0.5) is 4.39 Å². The second-order valence-corrected chi connectivity index (χ2v) is 8.69. The zero-order valence-electron chi connectivity index (χ0n) is 13.3. The van der Waals surface area contributed by atoms with E-state index >= 15 is 0 Å². The van der Waals surface area contributed by atoms with Crippen LogP contribution in [0.25, 0.3) is 0 Å². The maximum atomic E-state index is 13.0. The molecule has 0 amide bonds. The van der Waals surface area contributed by atoms with Crippen molar-refractivity contribution in [2.75, 3.05) is 13.1 Å². The van der Waals surface area contributed by atoms with Crippen LogP contribution >= 0.6 is 15.9 Å². The molecule has 25 heavy (non-hydrogen) atoms. The minimum atomic E-state index is -3.50. The van der Waals surface area contributed by atoms with E-state index in [0.717, 1.165) is 10.9 Å². The van der Waals surface area contributed by atoms with Crippen molar-refractivity contribution in [1.82, 2.24) is 14.3 Å². The summed E-state index contributed by atoms with van der Waals surface area (Å²) < 4.78 is 46.1. The van der Waals surface area contributed by atoms with E-state index in [-0.39, 0.29) is 30.2 Å². The van der Waals surface area contributed by atoms with Gasteiger partial charge in [-0.15, -0.1) is 0 Å². The molecule has 0 aliphatic carbocycles. The van der Waals surface area contributed by atoms with Gasteiger partial charge >= 0.3 is 6.01 Å². The predicted molar refractivity (Wildman–Crippen MR) is 94.0 cm³/mol. The van der Waals surface area contributed by atoms with E-state index < -0.39 is 10.0 Å². The molecule has 2 aromatic rings. The molecule has 0 radical (unpaired) electrons. The van der Waals surface area contributed by atoms with E-state index in [0.29, 0.717) is 18.5 Å². The summed E-state index contributed by atoms with van der Waals surface area (Å²) in [7, 11) is -3.50. The van der Waals surface area contributed by atoms with Crippen molar-refractivity contribution in [1.29, 1.82) is 0 Å². The highest BCUT2D eigenvalue weighted by Crippen LogP contribution is 2.21. The second kappa shape index (κ2) is 7.76. The molecule has 1 aromatic heterocycles. The number of sulfonamides is 1. The molecule has 1 aliphatic rings. The quantitative estimate of drug-likeness (QED) is 0.730. The molecule has 1 atom stereocenters. The molecule has 0 N–H and O–H groups in total. The van der Waals surface area contributed by atoms with Gasteiger partial charge < -0.3 is 4.74 Å². The maximum Gasteiger partial charge on any atom is 0.316 e. The number of hydrogen-bond donors (Lipinski definition) is 0. The average Bonchev–Trinajstić information content (AvgIpc) is 2.59. The Bertz CT molecular complexity index is 816. The largest absolute Gasteiger partial charge is 0.459 e. The van der Waals surface area contributed by atoms with Crippen LogP contribution in [0, 0.1) is 5.82 Å². The highest BCUT2D eigenvalue weighted by Gasteiger charge is 2.30. The monoisotopic (exact) mass is 429 g/mol. The highest BCUT2D eigenvalue weighted by atomic mass is 79.9. The molecular weight excluding hydrogens is 413 g/mol. The third-order valence-electron chi connectivity index (χ3n) is 3.87. The number of nitrogens with zero attached hydrogens (tertiary/aromatic N) is 3. The summed E-state index contributed by atoms with van der Waals surface area (Å²) in [6.45, 7) is 0.702. The van der Waals surface area contributed by atoms with Gasteiger partial charge in [0.05, 0.1) is 16.8 Å². The van der Waals surface area contributed by atoms with E-state index in [2.05, 4.69) is 25.9 Å². The Morgan fingerprint density at radius 2 is 1.92 bits per heavy atom. The molecule has 1 aliphatic heterocycles. The summed E-state index contributed by atoms with van der Waals surface area (Å²) in [6, 6.07) is 5.72. The average molecular weight is 430 g/mol. The van der Waals surface area contributed by atoms with E-state index in [9.17, 15) is 12.8 Å². The molecule has 0 unspecified atom stereocenters. The Morgan fingerprint density at radius 3 is 2.60 bits per heavy atom. The van der Waals surface area contributed by atoms with E-state index in [1.165, 1.54) is 28.6 Å². The number of piperidine rings is 1. The Hall–Kier alpha value is -1.58. The van der Waals surface area contributed by atoms with Crippen molar-refractivity contribution < 1.29 is 17.5 Å². The zero-order chi connectivity index (χ0) is 17.9. The molecule has 1 saturated heterocycles. The van der Waals surface area contributed by atoms with Gasteiger partial charge in [-0.3, -0.25) is 0 Å². The minimum absolute atomic E-state index is 0.158. The Kier molecular flexibility index (Phi) is 5.65. The van der Waals surface area contributed by atoms with Gasteiger partial charge in [0, 0.05) is 18.9 Å². The summed E-state index contributed by atoms with van der Waals surface area (Å²) in [5, 5.41) is 0. The molecule has 9 heteroatoms. The van der Waals surface area contributed by atoms with E-state index in [4.69, 9.17) is 4.74 Å². The molecule has 1 aromatic carbocycles. The second-order valence-electron chi connectivity index (χ2n) is 5.81. The lowest BCUT2D eigenvalue weighted by Crippen LogP contribution is -2.44. The zero-order valence-corrected chi connectivity index (χ0v) is 15.7. The summed E-state index contributed by atoms with van der Waals surface area (Å²) in [4.78, 5) is 8.10. The Labute approximate surface area is 154 Å². The first-order valence-electron chi connectivity index (χ1n) is 7.79. The van der Waals surface area contributed by atoms with Gasteiger partial charge in [-0.25, -0.2) is 22.8 Å². The summed E-state index contributed by atoms with van der Waals surface area (Å²) in [5.74, 6) is -0.545. The number of halogens is 2. The van der Waals surface area contributed by atoms with Crippen molar-refractivity contribution >= 4 is 26.0 Å². The lowest BCUT2D eigenvalue weighted by atomic mass is 10.1. The number of hydrogen-bond acceptors (Lipinski definition) is 5. The molecule has 1 fully saturated rings. The third-order valence-corrected chi connectivity index (χ3v) is 6.09. The lowest BCUT2D eigenvalue weighted by Gasteiger charge is -2.31. The van der Waals surface area contributed by atoms with E-state index in [1.807, 2.05) is 0 Å². The van der Waals surface area contributed by atoms with Crippen LogP contribution in [-0.4, -0.2) is 41.9 Å². The SMILES string of the molecule is O=S(=O)(Cc1ccc(F)cc1)N1CCC[C@H](Oc2ncc(Br)cn2)C1. The maximum absolute atomic E-state index is 13.0. The molecule has 6 nitrogen and oxygen atoms in total. The van der Waals surface area contributed by atoms with Crippen molar-refractivity contribution in [2.45, 2.75) is 24.7 Å². The van der Waals surface area contributed by atoms with Gasteiger partial charge in [-0.2, -0.15) is 4.31 Å². The first-order valence-corrected chi connectivity index (χ1v) is 10.2. The lowest BCUT2D eigenvalue weighted by molar-refractivity contribution is 0.119. The van der Waals surface area contributed by atoms with Gasteiger partial charge in [0.25, 0.3) is 0 Å². The summed E-state index contributed by atoms with van der Waals surface area (Å²) >= 11 is 3.25. The number of rotatable bonds is 5. The van der Waals surface area contributed by atoms with Crippen LogP contribution in [0.2, 0.25) is 0 Å². The van der Waals surface area contributed by atoms with Gasteiger partial charge in [-0.1, -0.05) is 12.1 Å². The summed E-state index contributed by atoms with van der Waals surface area (Å²) in [6.07, 6.45) is 4.30. The van der Waals surface area contributed by atoms with Gasteiger partial charge in [0.2, 0.25) is 10.0 Å². The minimum Gasteiger partial charge on any atom is -0.459 e. The summed E-state index contributed by atoms with van der Waals surface area (Å²) in [5.41, 5.74) is 0.556. The predicted octanol–water partition coefficient (Wildman–Crippen LogP) is 2.75. The van der Waals surface area contributed by atoms with Crippen molar-refractivity contribution in [3.63, 3.8) is 0 Å². The molecule has 134 valence electrons. The number of benzene rings is 1. The normalized spacial score (nSPS) is 18.9. The van der Waals surface area contributed by atoms with Crippen LogP contribution in [0.3, 0.4) is 0 Å². The fourth-order valence-corrected chi connectivity index (χ4v) is 4.45. The van der Waals surface area contributed by atoms with Gasteiger partial charge in [0.1, 0.15) is 11.9 Å². The smallest absolute Gasteiger partial charge is 0.316 e. The molecular formula is C16H17BrFN3O3S. The standard InChI is InChI=1S/C16H17BrFN3O3S/c17-13-8-19-16(20-9-13)24-15-2-1-7-21(10-15)25(22,23)11-12-3-5-14(18)6-4-12/h3-6,8-9,15H,1-2,7,10-11H2/t15-/m0/s1. The Morgan fingerprint density at radius 1 is 1.24 bits per heavy atom. The molecule has 0 spiro atoms. The van der Waals surface area contributed by atoms with Crippen LogP contribution in [-0.2, 0) is 15.8 Å². The molecule has 0 saturated carbocycles. The fourth-order valence-electron chi connectivity index (χ4n) is 2.65. The van der Waals surface area contributed by atoms with Crippen molar-refractivity contribution in [2.24, 2.45) is 0 Å². The first kappa shape index (κ1) is 18.2. The first-order chi connectivity index (χ1) is 11.9. The van der Waals surface area contributed by atoms with Crippen LogP contribution in [0.15, 0.2) is 41.1 Å². The fraction of sp³-hybridized carbons (Fsp3) is 0.375. The van der Waals surface area contributed by atoms with Crippen LogP contribution < -0.4 is 4.74 Å². The molecule has 0 bridgehead atoms. The topological polar surface area (TPSA) is 72.4 Å². The van der Waals surface area contributed by atoms with Crippen LogP contribution in [0.1, 0.15) is 18.4 Å². The van der Waals surface area contributed by atoms with Crippen molar-refractivity contribution in [3.8, 4) is 6.01 Å². The van der Waals surface area contributed by atoms with Gasteiger partial charge in [0.15, 0.2) is 0 Å². The molecule has 3 rings (SSSR count). The number of aromatic nitrogens is 2. The van der Waals surface area contributed by atoms with Crippen molar-refractivity contribution in [3.05, 3.63) is 52.5 Å². The molecule has 2 heterocycles. The van der Waals surface area contributed by atoms with Gasteiger partial charge in [-0.05, 0) is 46.5 Å². The third kappa shape index (κ3) is 4.96. The van der Waals surface area contributed by atoms with Crippen LogP contribution in [0.5, 0.6) is 6.01 Å². The number of ether oxygens (including phenoxy) is 1. The van der Waals surface area contributed by atoms with E-state index in [1.54, 1.807) is 12.4 Å². The Balaban J connectivity index is 1.65. The highest BCUT2D eigenvalue weighted by molar-refractivity contribution is 9.10.